The largest absolute Gasteiger partial charge is 0.347 e. The van der Waals surface area contributed by atoms with Gasteiger partial charge in [0.25, 0.3) is 5.91 Å². The van der Waals surface area contributed by atoms with E-state index in [0.29, 0.717) is 18.5 Å². The molecule has 1 N–H and O–H groups in total. The highest BCUT2D eigenvalue weighted by Crippen LogP contribution is 2.21. The molecule has 1 aromatic heterocycles. The van der Waals surface area contributed by atoms with Crippen LogP contribution in [0.5, 0.6) is 0 Å². The first-order chi connectivity index (χ1) is 12.3. The van der Waals surface area contributed by atoms with Gasteiger partial charge in [-0.1, -0.05) is 38.1 Å². The molecule has 142 valence electrons. The molecule has 0 bridgehead atoms. The number of thiazole rings is 1. The van der Waals surface area contributed by atoms with Gasteiger partial charge in [-0.3, -0.25) is 9.69 Å². The molecule has 0 aliphatic heterocycles. The lowest BCUT2D eigenvalue weighted by molar-refractivity contribution is 0.0954. The van der Waals surface area contributed by atoms with Gasteiger partial charge in [-0.05, 0) is 44.9 Å². The second-order valence-corrected chi connectivity index (χ2v) is 8.66. The van der Waals surface area contributed by atoms with E-state index >= 15 is 0 Å². The van der Waals surface area contributed by atoms with E-state index in [1.54, 1.807) is 0 Å². The fraction of sp³-hybridized carbons (Fsp3) is 0.524. The molecule has 0 spiro atoms. The number of carbonyl (C=O) groups is 1. The molecule has 0 aliphatic carbocycles. The molecule has 0 fully saturated rings. The van der Waals surface area contributed by atoms with E-state index in [9.17, 15) is 4.79 Å². The van der Waals surface area contributed by atoms with Crippen molar-refractivity contribution < 1.29 is 4.79 Å². The molecule has 0 unspecified atom stereocenters. The molecule has 2 rings (SSSR count). The van der Waals surface area contributed by atoms with E-state index in [1.807, 2.05) is 13.0 Å². The Hall–Kier alpha value is -1.72. The lowest BCUT2D eigenvalue weighted by Gasteiger charge is -2.22. The van der Waals surface area contributed by atoms with Crippen molar-refractivity contribution in [1.82, 2.24) is 15.2 Å². The highest BCUT2D eigenvalue weighted by Gasteiger charge is 2.16. The SMILES string of the molecule is Cc1nc(CC(C)C)sc1C(=O)NCc1ccccc1CN(C)C(C)C. The van der Waals surface area contributed by atoms with Crippen molar-refractivity contribution >= 4 is 17.2 Å². The Morgan fingerprint density at radius 3 is 2.46 bits per heavy atom. The van der Waals surface area contributed by atoms with Crippen LogP contribution >= 0.6 is 11.3 Å². The summed E-state index contributed by atoms with van der Waals surface area (Å²) in [5.41, 5.74) is 3.25. The zero-order valence-electron chi connectivity index (χ0n) is 16.8. The molecule has 1 amide bonds. The molecule has 0 saturated heterocycles. The smallest absolute Gasteiger partial charge is 0.263 e. The number of rotatable bonds is 8. The second-order valence-electron chi connectivity index (χ2n) is 7.58. The van der Waals surface area contributed by atoms with Crippen molar-refractivity contribution in [2.45, 2.75) is 60.2 Å². The maximum Gasteiger partial charge on any atom is 0.263 e. The molecular weight excluding hydrogens is 342 g/mol. The van der Waals surface area contributed by atoms with Crippen molar-refractivity contribution in [1.29, 1.82) is 0 Å². The molecule has 0 atom stereocenters. The summed E-state index contributed by atoms with van der Waals surface area (Å²) in [5.74, 6) is 0.517. The molecule has 1 aromatic carbocycles. The zero-order chi connectivity index (χ0) is 19.3. The number of nitrogens with one attached hydrogen (secondary N) is 1. The molecule has 4 nitrogen and oxygen atoms in total. The first-order valence-corrected chi connectivity index (χ1v) is 10.1. The summed E-state index contributed by atoms with van der Waals surface area (Å²) < 4.78 is 0. The van der Waals surface area contributed by atoms with Crippen LogP contribution in [0.4, 0.5) is 0 Å². The average molecular weight is 374 g/mol. The Morgan fingerprint density at radius 1 is 1.19 bits per heavy atom. The van der Waals surface area contributed by atoms with Crippen molar-refractivity contribution in [3.05, 3.63) is 51.0 Å². The number of amides is 1. The predicted octanol–water partition coefficient (Wildman–Crippen LogP) is 4.42. The maximum absolute atomic E-state index is 12.6. The number of aryl methyl sites for hydroxylation is 1. The molecule has 0 radical (unpaired) electrons. The van der Waals surface area contributed by atoms with Crippen LogP contribution in [0.2, 0.25) is 0 Å². The van der Waals surface area contributed by atoms with Gasteiger partial charge in [-0.2, -0.15) is 0 Å². The van der Waals surface area contributed by atoms with E-state index in [1.165, 1.54) is 16.9 Å². The van der Waals surface area contributed by atoms with E-state index in [2.05, 4.69) is 68.1 Å². The molecule has 26 heavy (non-hydrogen) atoms. The topological polar surface area (TPSA) is 45.2 Å². The third-order valence-corrected chi connectivity index (χ3v) is 5.67. The maximum atomic E-state index is 12.6. The monoisotopic (exact) mass is 373 g/mol. The Balaban J connectivity index is 2.05. The van der Waals surface area contributed by atoms with E-state index in [4.69, 9.17) is 0 Å². The Morgan fingerprint density at radius 2 is 1.85 bits per heavy atom. The highest BCUT2D eigenvalue weighted by molar-refractivity contribution is 7.13. The number of aromatic nitrogens is 1. The second kappa shape index (κ2) is 9.28. The fourth-order valence-electron chi connectivity index (χ4n) is 2.69. The summed E-state index contributed by atoms with van der Waals surface area (Å²) in [6.07, 6.45) is 0.920. The number of hydrogen-bond donors (Lipinski definition) is 1. The standard InChI is InChI=1S/C21H31N3OS/c1-14(2)11-19-23-16(5)20(26-19)21(25)22-12-17-9-7-8-10-18(17)13-24(6)15(3)4/h7-10,14-15H,11-13H2,1-6H3,(H,22,25). The van der Waals surface area contributed by atoms with Gasteiger partial charge in [0.05, 0.1) is 10.7 Å². The van der Waals surface area contributed by atoms with E-state index in [-0.39, 0.29) is 5.91 Å². The van der Waals surface area contributed by atoms with Crippen LogP contribution in [-0.4, -0.2) is 28.9 Å². The van der Waals surface area contributed by atoms with Gasteiger partial charge in [-0.25, -0.2) is 4.98 Å². The molecular formula is C21H31N3OS. The third kappa shape index (κ3) is 5.64. The van der Waals surface area contributed by atoms with Crippen molar-refractivity contribution in [2.75, 3.05) is 7.05 Å². The molecule has 1 heterocycles. The van der Waals surface area contributed by atoms with Gasteiger partial charge in [0.1, 0.15) is 4.88 Å². The minimum Gasteiger partial charge on any atom is -0.347 e. The summed E-state index contributed by atoms with van der Waals surface area (Å²) >= 11 is 1.52. The zero-order valence-corrected chi connectivity index (χ0v) is 17.6. The van der Waals surface area contributed by atoms with Crippen LogP contribution in [0.1, 0.15) is 59.2 Å². The predicted molar refractivity (Wildman–Crippen MR) is 110 cm³/mol. The number of hydrogen-bond acceptors (Lipinski definition) is 4. The summed E-state index contributed by atoms with van der Waals surface area (Å²) in [6, 6.07) is 8.79. The van der Waals surface area contributed by atoms with Gasteiger partial charge < -0.3 is 5.32 Å². The third-order valence-electron chi connectivity index (χ3n) is 4.49. The van der Waals surface area contributed by atoms with E-state index < -0.39 is 0 Å². The van der Waals surface area contributed by atoms with Crippen LogP contribution in [0.3, 0.4) is 0 Å². The van der Waals surface area contributed by atoms with Crippen molar-refractivity contribution in [3.8, 4) is 0 Å². The lowest BCUT2D eigenvalue weighted by atomic mass is 10.1. The number of nitrogens with zero attached hydrogens (tertiary/aromatic N) is 2. The van der Waals surface area contributed by atoms with Crippen molar-refractivity contribution in [2.24, 2.45) is 5.92 Å². The summed E-state index contributed by atoms with van der Waals surface area (Å²) in [7, 11) is 2.12. The normalized spacial score (nSPS) is 11.6. The molecule has 0 aliphatic rings. The van der Waals surface area contributed by atoms with Gasteiger partial charge in [0, 0.05) is 25.6 Å². The van der Waals surface area contributed by atoms with Crippen molar-refractivity contribution in [3.63, 3.8) is 0 Å². The fourth-order valence-corrected chi connectivity index (χ4v) is 3.88. The van der Waals surface area contributed by atoms with Crippen LogP contribution in [0.25, 0.3) is 0 Å². The molecule has 5 heteroatoms. The van der Waals surface area contributed by atoms with Gasteiger partial charge in [0.2, 0.25) is 0 Å². The average Bonchev–Trinajstić information content (AvgIpc) is 2.93. The number of carbonyl (C=O) groups excluding carboxylic acids is 1. The van der Waals surface area contributed by atoms with E-state index in [0.717, 1.165) is 34.1 Å². The summed E-state index contributed by atoms with van der Waals surface area (Å²) in [5, 5.41) is 4.12. The first kappa shape index (κ1) is 20.6. The Bertz CT molecular complexity index is 737. The lowest BCUT2D eigenvalue weighted by Crippen LogP contribution is -2.27. The van der Waals surface area contributed by atoms with Crippen LogP contribution in [-0.2, 0) is 19.5 Å². The first-order valence-electron chi connectivity index (χ1n) is 9.29. The Kier molecular flexibility index (Phi) is 7.35. The Labute approximate surface area is 161 Å². The van der Waals surface area contributed by atoms with Crippen LogP contribution in [0.15, 0.2) is 24.3 Å². The van der Waals surface area contributed by atoms with Crippen LogP contribution in [0, 0.1) is 12.8 Å². The van der Waals surface area contributed by atoms with Gasteiger partial charge in [-0.15, -0.1) is 11.3 Å². The van der Waals surface area contributed by atoms with Gasteiger partial charge >= 0.3 is 0 Å². The quantitative estimate of drug-likeness (QED) is 0.745. The molecule has 0 saturated carbocycles. The van der Waals surface area contributed by atoms with Crippen LogP contribution < -0.4 is 5.32 Å². The summed E-state index contributed by atoms with van der Waals surface area (Å²) in [4.78, 5) is 20.2. The van der Waals surface area contributed by atoms with Gasteiger partial charge in [0.15, 0.2) is 0 Å². The highest BCUT2D eigenvalue weighted by atomic mass is 32.1. The number of benzene rings is 1. The minimum absolute atomic E-state index is 0.0259. The molecule has 2 aromatic rings. The summed E-state index contributed by atoms with van der Waals surface area (Å²) in [6.45, 7) is 12.0. The minimum atomic E-state index is -0.0259.